The van der Waals surface area contributed by atoms with E-state index in [1.54, 1.807) is 36.7 Å². The monoisotopic (exact) mass is 304 g/mol. The average molecular weight is 304 g/mol. The van der Waals surface area contributed by atoms with Crippen LogP contribution in [0.3, 0.4) is 0 Å². The lowest BCUT2D eigenvalue weighted by Gasteiger charge is -2.16. The van der Waals surface area contributed by atoms with Gasteiger partial charge in [0.25, 0.3) is 5.91 Å². The van der Waals surface area contributed by atoms with E-state index in [1.165, 1.54) is 7.11 Å². The van der Waals surface area contributed by atoms with Crippen molar-refractivity contribution in [3.8, 4) is 0 Å². The fourth-order valence-electron chi connectivity index (χ4n) is 2.46. The number of methoxy groups -OCH3 is 1. The molecule has 2 aromatic rings. The van der Waals surface area contributed by atoms with Crippen molar-refractivity contribution in [3.05, 3.63) is 40.5 Å². The highest BCUT2D eigenvalue weighted by atomic mass is 16.5. The second-order valence-electron chi connectivity index (χ2n) is 5.30. The van der Waals surface area contributed by atoms with Gasteiger partial charge in [-0.05, 0) is 19.4 Å². The molecule has 0 radical (unpaired) electrons. The molecule has 0 atom stereocenters. The third kappa shape index (κ3) is 2.88. The molecule has 0 aliphatic heterocycles. The Hall–Kier alpha value is -2.57. The Bertz CT molecular complexity index is 714. The zero-order valence-corrected chi connectivity index (χ0v) is 13.4. The van der Waals surface area contributed by atoms with Crippen molar-refractivity contribution >= 4 is 11.9 Å². The first-order valence-electron chi connectivity index (χ1n) is 6.85. The number of rotatable bonds is 4. The van der Waals surface area contributed by atoms with Crippen LogP contribution in [-0.2, 0) is 18.3 Å². The second-order valence-corrected chi connectivity index (χ2v) is 5.30. The number of hydrogen-bond donors (Lipinski definition) is 1. The van der Waals surface area contributed by atoms with E-state index in [0.717, 1.165) is 5.56 Å². The minimum atomic E-state index is -0.444. The zero-order chi connectivity index (χ0) is 16.4. The Kier molecular flexibility index (Phi) is 4.35. The molecule has 0 bridgehead atoms. The summed E-state index contributed by atoms with van der Waals surface area (Å²) < 4.78 is 6.44. The summed E-state index contributed by atoms with van der Waals surface area (Å²) in [6.07, 6.45) is 3.58. The van der Waals surface area contributed by atoms with Crippen molar-refractivity contribution < 1.29 is 14.3 Å². The molecule has 118 valence electrons. The first-order chi connectivity index (χ1) is 10.3. The smallest absolute Gasteiger partial charge is 0.339 e. The maximum absolute atomic E-state index is 12.6. The quantitative estimate of drug-likeness (QED) is 0.866. The number of ether oxygens (including phenoxy) is 1. The van der Waals surface area contributed by atoms with E-state index >= 15 is 0 Å². The summed E-state index contributed by atoms with van der Waals surface area (Å²) >= 11 is 0. The topological polar surface area (TPSA) is 80.2 Å². The van der Waals surface area contributed by atoms with Crippen LogP contribution < -0.4 is 0 Å². The molecule has 0 aliphatic rings. The van der Waals surface area contributed by atoms with Gasteiger partial charge >= 0.3 is 5.97 Å². The summed E-state index contributed by atoms with van der Waals surface area (Å²) in [5.74, 6) is -0.625. The number of hydrogen-bond acceptors (Lipinski definition) is 4. The van der Waals surface area contributed by atoms with Crippen molar-refractivity contribution in [2.45, 2.75) is 20.4 Å². The molecule has 0 saturated carbocycles. The molecule has 0 fully saturated rings. The van der Waals surface area contributed by atoms with Gasteiger partial charge in [-0.1, -0.05) is 0 Å². The van der Waals surface area contributed by atoms with Crippen LogP contribution in [0, 0.1) is 13.8 Å². The van der Waals surface area contributed by atoms with Gasteiger partial charge in [0.15, 0.2) is 0 Å². The summed E-state index contributed by atoms with van der Waals surface area (Å²) in [7, 11) is 4.86. The zero-order valence-electron chi connectivity index (χ0n) is 13.4. The third-order valence-electron chi connectivity index (χ3n) is 3.57. The van der Waals surface area contributed by atoms with Crippen LogP contribution in [-0.4, -0.2) is 45.7 Å². The maximum atomic E-state index is 12.6. The minimum Gasteiger partial charge on any atom is -0.465 e. The van der Waals surface area contributed by atoms with E-state index in [1.807, 2.05) is 13.2 Å². The Morgan fingerprint density at radius 2 is 2.09 bits per heavy atom. The summed E-state index contributed by atoms with van der Waals surface area (Å²) in [5.41, 5.74) is 2.99. The first kappa shape index (κ1) is 15.8. The Balaban J connectivity index is 2.24. The van der Waals surface area contributed by atoms with Gasteiger partial charge in [0.1, 0.15) is 5.69 Å². The molecule has 0 unspecified atom stereocenters. The number of carbonyl (C=O) groups excluding carboxylic acids is 2. The maximum Gasteiger partial charge on any atom is 0.339 e. The largest absolute Gasteiger partial charge is 0.465 e. The van der Waals surface area contributed by atoms with Crippen LogP contribution in [0.1, 0.15) is 37.7 Å². The lowest BCUT2D eigenvalue weighted by Crippen LogP contribution is -2.27. The van der Waals surface area contributed by atoms with Gasteiger partial charge in [0, 0.05) is 38.1 Å². The molecular weight excluding hydrogens is 284 g/mol. The molecule has 0 aromatic carbocycles. The summed E-state index contributed by atoms with van der Waals surface area (Å²) in [5, 5.41) is 4.08. The van der Waals surface area contributed by atoms with E-state index in [-0.39, 0.29) is 5.91 Å². The Labute approximate surface area is 128 Å². The van der Waals surface area contributed by atoms with Gasteiger partial charge in [0.05, 0.1) is 18.9 Å². The number of nitrogens with zero attached hydrogens (tertiary/aromatic N) is 3. The summed E-state index contributed by atoms with van der Waals surface area (Å²) in [6.45, 7) is 3.93. The van der Waals surface area contributed by atoms with Crippen molar-refractivity contribution in [3.63, 3.8) is 0 Å². The van der Waals surface area contributed by atoms with E-state index < -0.39 is 5.97 Å². The molecule has 2 rings (SSSR count). The molecule has 22 heavy (non-hydrogen) atoms. The number of aromatic nitrogens is 3. The van der Waals surface area contributed by atoms with Crippen LogP contribution in [0.4, 0.5) is 0 Å². The molecule has 7 nitrogen and oxygen atoms in total. The highest BCUT2D eigenvalue weighted by Crippen LogP contribution is 2.20. The predicted molar refractivity (Wildman–Crippen MR) is 80.6 cm³/mol. The standard InChI is InChI=1S/C15H20N4O3/c1-9-12(15(21)22-5)10(2)17-13(9)14(20)18(3)7-11-6-16-19(4)8-11/h6,8,17H,7H2,1-5H3. The Morgan fingerprint density at radius 1 is 1.41 bits per heavy atom. The van der Waals surface area contributed by atoms with Gasteiger partial charge in [-0.15, -0.1) is 0 Å². The summed E-state index contributed by atoms with van der Waals surface area (Å²) in [4.78, 5) is 28.9. The lowest BCUT2D eigenvalue weighted by atomic mass is 10.1. The van der Waals surface area contributed by atoms with Crippen LogP contribution in [0.5, 0.6) is 0 Å². The Morgan fingerprint density at radius 3 is 2.64 bits per heavy atom. The second kappa shape index (κ2) is 6.05. The molecule has 0 aliphatic carbocycles. The van der Waals surface area contributed by atoms with Crippen LogP contribution in [0.25, 0.3) is 0 Å². The fourth-order valence-corrected chi connectivity index (χ4v) is 2.46. The van der Waals surface area contributed by atoms with Crippen molar-refractivity contribution in [2.24, 2.45) is 7.05 Å². The molecule has 2 heterocycles. The lowest BCUT2D eigenvalue weighted by molar-refractivity contribution is 0.0599. The molecule has 2 aromatic heterocycles. The molecule has 1 amide bonds. The van der Waals surface area contributed by atoms with E-state index in [9.17, 15) is 9.59 Å². The number of aromatic amines is 1. The van der Waals surface area contributed by atoms with Gasteiger partial charge in [-0.25, -0.2) is 4.79 Å². The number of carbonyl (C=O) groups is 2. The molecule has 1 N–H and O–H groups in total. The van der Waals surface area contributed by atoms with Crippen LogP contribution in [0.15, 0.2) is 12.4 Å². The SMILES string of the molecule is COC(=O)c1c(C)[nH]c(C(=O)N(C)Cc2cnn(C)c2)c1C. The summed E-state index contributed by atoms with van der Waals surface area (Å²) in [6, 6.07) is 0. The van der Waals surface area contributed by atoms with E-state index in [2.05, 4.69) is 10.1 Å². The van der Waals surface area contributed by atoms with E-state index in [0.29, 0.717) is 29.1 Å². The molecule has 0 spiro atoms. The number of esters is 1. The van der Waals surface area contributed by atoms with Gasteiger partial charge < -0.3 is 14.6 Å². The molecule has 0 saturated heterocycles. The van der Waals surface area contributed by atoms with Gasteiger partial charge in [0.2, 0.25) is 0 Å². The highest BCUT2D eigenvalue weighted by Gasteiger charge is 2.24. The highest BCUT2D eigenvalue weighted by molar-refractivity contribution is 6.00. The van der Waals surface area contributed by atoms with E-state index in [4.69, 9.17) is 4.74 Å². The number of nitrogens with one attached hydrogen (secondary N) is 1. The number of H-pyrrole nitrogens is 1. The fraction of sp³-hybridized carbons (Fsp3) is 0.400. The van der Waals surface area contributed by atoms with Crippen LogP contribution in [0.2, 0.25) is 0 Å². The van der Waals surface area contributed by atoms with Gasteiger partial charge in [-0.2, -0.15) is 5.10 Å². The number of amides is 1. The van der Waals surface area contributed by atoms with Crippen LogP contribution >= 0.6 is 0 Å². The first-order valence-corrected chi connectivity index (χ1v) is 6.85. The molecular formula is C15H20N4O3. The van der Waals surface area contributed by atoms with Crippen molar-refractivity contribution in [1.82, 2.24) is 19.7 Å². The normalized spacial score (nSPS) is 10.6. The predicted octanol–water partition coefficient (Wildman–Crippen LogP) is 1.42. The third-order valence-corrected chi connectivity index (χ3v) is 3.57. The number of aryl methyl sites for hydroxylation is 2. The van der Waals surface area contributed by atoms with Crippen molar-refractivity contribution in [2.75, 3.05) is 14.2 Å². The minimum absolute atomic E-state index is 0.181. The molecule has 7 heteroatoms. The van der Waals surface area contributed by atoms with Crippen molar-refractivity contribution in [1.29, 1.82) is 0 Å². The average Bonchev–Trinajstić information content (AvgIpc) is 3.00. The van der Waals surface area contributed by atoms with Gasteiger partial charge in [-0.3, -0.25) is 9.48 Å².